The molecule has 1 aromatic heterocycles. The van der Waals surface area contributed by atoms with Gasteiger partial charge in [-0.2, -0.15) is 0 Å². The maximum atomic E-state index is 9.36. The standard InChI is InChI=1S/C10H16N2OS/c1-8-11-6-10(14-8)7-12-4-2-9(13)3-5-12/h6,9,13H,2-5,7H2,1H3. The maximum absolute atomic E-state index is 9.36. The van der Waals surface area contributed by atoms with Crippen molar-refractivity contribution >= 4 is 11.3 Å². The molecule has 1 aliphatic rings. The van der Waals surface area contributed by atoms with E-state index in [1.165, 1.54) is 4.88 Å². The molecule has 0 saturated carbocycles. The number of nitrogens with zero attached hydrogens (tertiary/aromatic N) is 2. The van der Waals surface area contributed by atoms with Gasteiger partial charge in [0.15, 0.2) is 0 Å². The van der Waals surface area contributed by atoms with Crippen LogP contribution in [-0.2, 0) is 6.54 Å². The van der Waals surface area contributed by atoms with Crippen LogP contribution < -0.4 is 0 Å². The van der Waals surface area contributed by atoms with Crippen molar-refractivity contribution in [1.29, 1.82) is 0 Å². The molecular formula is C10H16N2OS. The van der Waals surface area contributed by atoms with Crippen molar-refractivity contribution in [2.75, 3.05) is 13.1 Å². The van der Waals surface area contributed by atoms with Crippen LogP contribution in [0.2, 0.25) is 0 Å². The first-order valence-electron chi connectivity index (χ1n) is 5.06. The van der Waals surface area contributed by atoms with E-state index in [-0.39, 0.29) is 6.10 Å². The molecule has 0 aromatic carbocycles. The summed E-state index contributed by atoms with van der Waals surface area (Å²) in [5, 5.41) is 10.5. The van der Waals surface area contributed by atoms with E-state index in [2.05, 4.69) is 9.88 Å². The molecule has 1 aliphatic heterocycles. The zero-order valence-corrected chi connectivity index (χ0v) is 9.26. The van der Waals surface area contributed by atoms with E-state index in [1.807, 2.05) is 13.1 Å². The van der Waals surface area contributed by atoms with E-state index in [0.29, 0.717) is 0 Å². The van der Waals surface area contributed by atoms with Crippen LogP contribution in [0, 0.1) is 6.92 Å². The molecule has 1 saturated heterocycles. The summed E-state index contributed by atoms with van der Waals surface area (Å²) in [6, 6.07) is 0. The highest BCUT2D eigenvalue weighted by atomic mass is 32.1. The quantitative estimate of drug-likeness (QED) is 0.805. The van der Waals surface area contributed by atoms with Crippen LogP contribution >= 0.6 is 11.3 Å². The molecule has 0 aliphatic carbocycles. The van der Waals surface area contributed by atoms with E-state index in [0.717, 1.165) is 37.5 Å². The van der Waals surface area contributed by atoms with Gasteiger partial charge in [-0.3, -0.25) is 4.90 Å². The lowest BCUT2D eigenvalue weighted by Crippen LogP contribution is -2.35. The number of aliphatic hydroxyl groups excluding tert-OH is 1. The van der Waals surface area contributed by atoms with Gasteiger partial charge in [-0.05, 0) is 19.8 Å². The molecular weight excluding hydrogens is 196 g/mol. The second kappa shape index (κ2) is 4.38. The Kier molecular flexibility index (Phi) is 3.15. The topological polar surface area (TPSA) is 36.4 Å². The monoisotopic (exact) mass is 212 g/mol. The minimum atomic E-state index is -0.0746. The Morgan fingerprint density at radius 3 is 2.86 bits per heavy atom. The Hall–Kier alpha value is -0.450. The Labute approximate surface area is 88.4 Å². The highest BCUT2D eigenvalue weighted by molar-refractivity contribution is 7.11. The van der Waals surface area contributed by atoms with Crippen molar-refractivity contribution < 1.29 is 5.11 Å². The molecule has 1 fully saturated rings. The SMILES string of the molecule is Cc1ncc(CN2CCC(O)CC2)s1. The first-order valence-corrected chi connectivity index (χ1v) is 5.87. The van der Waals surface area contributed by atoms with Crippen LogP contribution in [0.1, 0.15) is 22.7 Å². The molecule has 4 heteroatoms. The van der Waals surface area contributed by atoms with Gasteiger partial charge in [-0.1, -0.05) is 0 Å². The summed E-state index contributed by atoms with van der Waals surface area (Å²) in [6.07, 6.45) is 3.72. The summed E-state index contributed by atoms with van der Waals surface area (Å²) in [5.41, 5.74) is 0. The summed E-state index contributed by atoms with van der Waals surface area (Å²) in [4.78, 5) is 7.96. The molecule has 0 amide bonds. The third-order valence-corrected chi connectivity index (χ3v) is 3.50. The van der Waals surface area contributed by atoms with E-state index in [1.54, 1.807) is 11.3 Å². The fraction of sp³-hybridized carbons (Fsp3) is 0.700. The molecule has 0 spiro atoms. The van der Waals surface area contributed by atoms with Gasteiger partial charge in [0.05, 0.1) is 11.1 Å². The lowest BCUT2D eigenvalue weighted by Gasteiger charge is -2.28. The Morgan fingerprint density at radius 2 is 2.29 bits per heavy atom. The first kappa shape index (κ1) is 10.1. The molecule has 3 nitrogen and oxygen atoms in total. The van der Waals surface area contributed by atoms with Gasteiger partial charge in [0.25, 0.3) is 0 Å². The van der Waals surface area contributed by atoms with E-state index >= 15 is 0 Å². The van der Waals surface area contributed by atoms with Crippen molar-refractivity contribution in [2.24, 2.45) is 0 Å². The highest BCUT2D eigenvalue weighted by Crippen LogP contribution is 2.17. The fourth-order valence-corrected chi connectivity index (χ4v) is 2.61. The van der Waals surface area contributed by atoms with Crippen molar-refractivity contribution in [3.05, 3.63) is 16.1 Å². The maximum Gasteiger partial charge on any atom is 0.0897 e. The molecule has 0 atom stereocenters. The molecule has 2 rings (SSSR count). The molecule has 78 valence electrons. The predicted molar refractivity (Wildman–Crippen MR) is 57.4 cm³/mol. The summed E-state index contributed by atoms with van der Waals surface area (Å²) in [6.45, 7) is 5.06. The lowest BCUT2D eigenvalue weighted by molar-refractivity contribution is 0.0797. The van der Waals surface area contributed by atoms with Crippen molar-refractivity contribution in [1.82, 2.24) is 9.88 Å². The molecule has 0 bridgehead atoms. The summed E-state index contributed by atoms with van der Waals surface area (Å²) in [7, 11) is 0. The second-order valence-electron chi connectivity index (χ2n) is 3.85. The number of likely N-dealkylation sites (tertiary alicyclic amines) is 1. The van der Waals surface area contributed by atoms with Crippen LogP contribution in [0.5, 0.6) is 0 Å². The molecule has 1 N–H and O–H groups in total. The lowest BCUT2D eigenvalue weighted by atomic mass is 10.1. The molecule has 0 unspecified atom stereocenters. The fourth-order valence-electron chi connectivity index (χ4n) is 1.78. The number of aryl methyl sites for hydroxylation is 1. The summed E-state index contributed by atoms with van der Waals surface area (Å²) < 4.78 is 0. The molecule has 0 radical (unpaired) electrons. The number of hydrogen-bond acceptors (Lipinski definition) is 4. The van der Waals surface area contributed by atoms with Gasteiger partial charge < -0.3 is 5.11 Å². The Balaban J connectivity index is 1.86. The van der Waals surface area contributed by atoms with Crippen LogP contribution in [-0.4, -0.2) is 34.2 Å². The Bertz CT molecular complexity index is 292. The van der Waals surface area contributed by atoms with E-state index in [4.69, 9.17) is 0 Å². The minimum Gasteiger partial charge on any atom is -0.393 e. The second-order valence-corrected chi connectivity index (χ2v) is 5.17. The number of hydrogen-bond donors (Lipinski definition) is 1. The van der Waals surface area contributed by atoms with Crippen LogP contribution in [0.25, 0.3) is 0 Å². The zero-order chi connectivity index (χ0) is 9.97. The zero-order valence-electron chi connectivity index (χ0n) is 8.44. The van der Waals surface area contributed by atoms with Gasteiger partial charge >= 0.3 is 0 Å². The van der Waals surface area contributed by atoms with E-state index in [9.17, 15) is 5.11 Å². The van der Waals surface area contributed by atoms with Gasteiger partial charge in [0, 0.05) is 30.7 Å². The van der Waals surface area contributed by atoms with Crippen LogP contribution in [0.3, 0.4) is 0 Å². The van der Waals surface area contributed by atoms with Gasteiger partial charge in [-0.25, -0.2) is 4.98 Å². The normalized spacial score (nSPS) is 20.1. The number of aromatic nitrogens is 1. The third-order valence-electron chi connectivity index (χ3n) is 2.61. The van der Waals surface area contributed by atoms with Crippen LogP contribution in [0.4, 0.5) is 0 Å². The van der Waals surface area contributed by atoms with Crippen molar-refractivity contribution in [2.45, 2.75) is 32.4 Å². The summed E-state index contributed by atoms with van der Waals surface area (Å²) >= 11 is 1.77. The Morgan fingerprint density at radius 1 is 1.57 bits per heavy atom. The van der Waals surface area contributed by atoms with Crippen molar-refractivity contribution in [3.63, 3.8) is 0 Å². The van der Waals surface area contributed by atoms with Gasteiger partial charge in [-0.15, -0.1) is 11.3 Å². The number of thiazole rings is 1. The smallest absolute Gasteiger partial charge is 0.0897 e. The minimum absolute atomic E-state index is 0.0746. The average molecular weight is 212 g/mol. The van der Waals surface area contributed by atoms with Crippen LogP contribution in [0.15, 0.2) is 6.20 Å². The number of piperidine rings is 1. The van der Waals surface area contributed by atoms with E-state index < -0.39 is 0 Å². The predicted octanol–water partition coefficient (Wildman–Crippen LogP) is 1.41. The average Bonchev–Trinajstić information content (AvgIpc) is 2.56. The summed E-state index contributed by atoms with van der Waals surface area (Å²) in [5.74, 6) is 0. The highest BCUT2D eigenvalue weighted by Gasteiger charge is 2.17. The molecule has 14 heavy (non-hydrogen) atoms. The van der Waals surface area contributed by atoms with Gasteiger partial charge in [0.2, 0.25) is 0 Å². The number of rotatable bonds is 2. The van der Waals surface area contributed by atoms with Crippen molar-refractivity contribution in [3.8, 4) is 0 Å². The number of aliphatic hydroxyl groups is 1. The molecule has 2 heterocycles. The largest absolute Gasteiger partial charge is 0.393 e. The van der Waals surface area contributed by atoms with Gasteiger partial charge in [0.1, 0.15) is 0 Å². The molecule has 1 aromatic rings. The third kappa shape index (κ3) is 2.53. The first-order chi connectivity index (χ1) is 6.74.